The van der Waals surface area contributed by atoms with Crippen molar-refractivity contribution >= 4 is 54.5 Å². The Kier molecular flexibility index (Phi) is 10.2. The maximum Gasteiger partial charge on any atom is 0.276 e. The topological polar surface area (TPSA) is 76.3 Å². The Balaban J connectivity index is 0.00000140. The number of H-pyrrole nitrogens is 1. The monoisotopic (exact) mass is 462 g/mol. The van der Waals surface area contributed by atoms with Gasteiger partial charge < -0.3 is 20.4 Å². The highest BCUT2D eigenvalue weighted by Crippen LogP contribution is 2.27. The fourth-order valence-electron chi connectivity index (χ4n) is 3.75. The van der Waals surface area contributed by atoms with Gasteiger partial charge in [0, 0.05) is 56.9 Å². The standard InChI is InChI=1S/C19H26N6O.3ClH/c1-2-24-9-11-25(12-10-24)17-6-4-3-5-16(17)21-19(26)18-14-13-20-8-7-15(14)22-23-18;;;/h3-6,20H,2,7-13H2,1H3,(H,21,26)(H,22,23);3*1H. The minimum atomic E-state index is -0.147. The Labute approximate surface area is 190 Å². The number of para-hydroxylation sites is 2. The molecule has 0 radical (unpaired) electrons. The Morgan fingerprint density at radius 1 is 1.14 bits per heavy atom. The van der Waals surface area contributed by atoms with E-state index in [1.165, 1.54) is 0 Å². The number of aromatic amines is 1. The van der Waals surface area contributed by atoms with Gasteiger partial charge in [-0.3, -0.25) is 9.89 Å². The molecule has 29 heavy (non-hydrogen) atoms. The smallest absolute Gasteiger partial charge is 0.276 e. The van der Waals surface area contributed by atoms with E-state index in [4.69, 9.17) is 0 Å². The number of aromatic nitrogens is 2. The number of hydrogen-bond donors (Lipinski definition) is 3. The molecular weight excluding hydrogens is 435 g/mol. The second kappa shape index (κ2) is 11.6. The highest BCUT2D eigenvalue weighted by Gasteiger charge is 2.23. The zero-order valence-electron chi connectivity index (χ0n) is 16.4. The van der Waals surface area contributed by atoms with Crippen LogP contribution < -0.4 is 15.5 Å². The zero-order chi connectivity index (χ0) is 17.9. The molecule has 162 valence electrons. The second-order valence-electron chi connectivity index (χ2n) is 6.85. The largest absolute Gasteiger partial charge is 0.367 e. The number of nitrogens with zero attached hydrogens (tertiary/aromatic N) is 3. The summed E-state index contributed by atoms with van der Waals surface area (Å²) in [5, 5.41) is 13.7. The lowest BCUT2D eigenvalue weighted by molar-refractivity contribution is 0.102. The van der Waals surface area contributed by atoms with Crippen LogP contribution in [0.4, 0.5) is 11.4 Å². The van der Waals surface area contributed by atoms with Crippen molar-refractivity contribution in [2.45, 2.75) is 19.9 Å². The van der Waals surface area contributed by atoms with Gasteiger partial charge in [-0.25, -0.2) is 0 Å². The number of carbonyl (C=O) groups excluding carboxylic acids is 1. The van der Waals surface area contributed by atoms with Gasteiger partial charge in [-0.15, -0.1) is 37.2 Å². The number of fused-ring (bicyclic) bond motifs is 1. The van der Waals surface area contributed by atoms with Crippen molar-refractivity contribution < 1.29 is 4.79 Å². The van der Waals surface area contributed by atoms with E-state index in [9.17, 15) is 4.79 Å². The third-order valence-electron chi connectivity index (χ3n) is 5.33. The summed E-state index contributed by atoms with van der Waals surface area (Å²) < 4.78 is 0. The predicted molar refractivity (Wildman–Crippen MR) is 124 cm³/mol. The molecular formula is C19H29Cl3N6O. The van der Waals surface area contributed by atoms with Crippen LogP contribution in [-0.4, -0.2) is 60.3 Å². The fourth-order valence-corrected chi connectivity index (χ4v) is 3.75. The number of rotatable bonds is 4. The highest BCUT2D eigenvalue weighted by atomic mass is 35.5. The maximum atomic E-state index is 12.8. The molecule has 0 bridgehead atoms. The molecule has 2 aromatic rings. The first kappa shape index (κ1) is 25.5. The van der Waals surface area contributed by atoms with Crippen LogP contribution in [0.1, 0.15) is 28.7 Å². The minimum Gasteiger partial charge on any atom is -0.367 e. The molecule has 0 spiro atoms. The summed E-state index contributed by atoms with van der Waals surface area (Å²) >= 11 is 0. The lowest BCUT2D eigenvalue weighted by Crippen LogP contribution is -2.46. The van der Waals surface area contributed by atoms with Crippen molar-refractivity contribution in [3.8, 4) is 0 Å². The van der Waals surface area contributed by atoms with Crippen LogP contribution in [0.3, 0.4) is 0 Å². The van der Waals surface area contributed by atoms with Gasteiger partial charge in [-0.1, -0.05) is 19.1 Å². The van der Waals surface area contributed by atoms with Crippen molar-refractivity contribution in [2.24, 2.45) is 0 Å². The Hall–Kier alpha value is -1.51. The van der Waals surface area contributed by atoms with E-state index in [0.29, 0.717) is 12.2 Å². The number of anilines is 2. The second-order valence-corrected chi connectivity index (χ2v) is 6.85. The van der Waals surface area contributed by atoms with Crippen molar-refractivity contribution in [2.75, 3.05) is 49.5 Å². The van der Waals surface area contributed by atoms with Gasteiger partial charge in [0.15, 0.2) is 5.69 Å². The van der Waals surface area contributed by atoms with E-state index in [1.807, 2.05) is 18.2 Å². The molecule has 1 saturated heterocycles. The van der Waals surface area contributed by atoms with E-state index in [2.05, 4.69) is 43.6 Å². The summed E-state index contributed by atoms with van der Waals surface area (Å²) in [6.45, 7) is 8.95. The van der Waals surface area contributed by atoms with Crippen LogP contribution in [0.25, 0.3) is 0 Å². The predicted octanol–water partition coefficient (Wildman–Crippen LogP) is 2.72. The lowest BCUT2D eigenvalue weighted by Gasteiger charge is -2.36. The number of benzene rings is 1. The van der Waals surface area contributed by atoms with Gasteiger partial charge in [0.25, 0.3) is 5.91 Å². The Morgan fingerprint density at radius 2 is 1.86 bits per heavy atom. The summed E-state index contributed by atoms with van der Waals surface area (Å²) in [6.07, 6.45) is 0.883. The van der Waals surface area contributed by atoms with E-state index < -0.39 is 0 Å². The molecule has 3 N–H and O–H groups in total. The first-order chi connectivity index (χ1) is 12.8. The van der Waals surface area contributed by atoms with Gasteiger partial charge in [0.1, 0.15) is 0 Å². The minimum absolute atomic E-state index is 0. The molecule has 4 rings (SSSR count). The van der Waals surface area contributed by atoms with E-state index >= 15 is 0 Å². The number of carbonyl (C=O) groups is 1. The van der Waals surface area contributed by atoms with Crippen LogP contribution in [0, 0.1) is 0 Å². The first-order valence-corrected chi connectivity index (χ1v) is 9.40. The van der Waals surface area contributed by atoms with Crippen LogP contribution in [-0.2, 0) is 13.0 Å². The number of amides is 1. The molecule has 2 aliphatic rings. The van der Waals surface area contributed by atoms with Crippen molar-refractivity contribution in [1.82, 2.24) is 20.4 Å². The Bertz CT molecular complexity index is 792. The van der Waals surface area contributed by atoms with Crippen LogP contribution in [0.5, 0.6) is 0 Å². The molecule has 1 fully saturated rings. The number of nitrogens with one attached hydrogen (secondary N) is 3. The maximum absolute atomic E-state index is 12.8. The van der Waals surface area contributed by atoms with Gasteiger partial charge in [0.2, 0.25) is 0 Å². The molecule has 1 amide bonds. The highest BCUT2D eigenvalue weighted by molar-refractivity contribution is 6.05. The van der Waals surface area contributed by atoms with Gasteiger partial charge in [0.05, 0.1) is 11.4 Å². The molecule has 2 aliphatic heterocycles. The van der Waals surface area contributed by atoms with Crippen LogP contribution in [0.2, 0.25) is 0 Å². The van der Waals surface area contributed by atoms with E-state index in [1.54, 1.807) is 0 Å². The van der Waals surface area contributed by atoms with Crippen LogP contribution >= 0.6 is 37.2 Å². The third kappa shape index (κ3) is 5.55. The summed E-state index contributed by atoms with van der Waals surface area (Å²) in [4.78, 5) is 17.6. The molecule has 1 aromatic carbocycles. The summed E-state index contributed by atoms with van der Waals surface area (Å²) in [6, 6.07) is 8.04. The zero-order valence-corrected chi connectivity index (χ0v) is 18.9. The molecule has 0 unspecified atom stereocenters. The van der Waals surface area contributed by atoms with Gasteiger partial charge >= 0.3 is 0 Å². The normalized spacial score (nSPS) is 16.0. The van der Waals surface area contributed by atoms with Crippen molar-refractivity contribution in [3.05, 3.63) is 41.2 Å². The molecule has 10 heteroatoms. The average Bonchev–Trinajstić information content (AvgIpc) is 3.13. The van der Waals surface area contributed by atoms with E-state index in [0.717, 1.165) is 68.3 Å². The van der Waals surface area contributed by atoms with Crippen molar-refractivity contribution in [1.29, 1.82) is 0 Å². The fraction of sp³-hybridized carbons (Fsp3) is 0.474. The average molecular weight is 464 g/mol. The number of halogens is 3. The molecule has 7 nitrogen and oxygen atoms in total. The quantitative estimate of drug-likeness (QED) is 0.650. The van der Waals surface area contributed by atoms with Gasteiger partial charge in [-0.2, -0.15) is 5.10 Å². The molecule has 0 saturated carbocycles. The lowest BCUT2D eigenvalue weighted by atomic mass is 10.1. The molecule has 3 heterocycles. The van der Waals surface area contributed by atoms with Gasteiger partial charge in [-0.05, 0) is 18.7 Å². The number of likely N-dealkylation sites (N-methyl/N-ethyl adjacent to an activating group) is 1. The first-order valence-electron chi connectivity index (χ1n) is 9.40. The Morgan fingerprint density at radius 3 is 2.59 bits per heavy atom. The summed E-state index contributed by atoms with van der Waals surface area (Å²) in [5.74, 6) is -0.147. The summed E-state index contributed by atoms with van der Waals surface area (Å²) in [5.41, 5.74) is 4.49. The van der Waals surface area contributed by atoms with E-state index in [-0.39, 0.29) is 43.1 Å². The summed E-state index contributed by atoms with van der Waals surface area (Å²) in [7, 11) is 0. The third-order valence-corrected chi connectivity index (χ3v) is 5.33. The molecule has 1 aromatic heterocycles. The van der Waals surface area contributed by atoms with Crippen molar-refractivity contribution in [3.63, 3.8) is 0 Å². The molecule has 0 atom stereocenters. The molecule has 0 aliphatic carbocycles. The number of piperazine rings is 1. The number of hydrogen-bond acceptors (Lipinski definition) is 5. The van der Waals surface area contributed by atoms with Crippen LogP contribution in [0.15, 0.2) is 24.3 Å². The SMILES string of the molecule is CCN1CCN(c2ccccc2NC(=O)c2n[nH]c3c2CNCC3)CC1.Cl.Cl.Cl.